The van der Waals surface area contributed by atoms with Crippen LogP contribution in [-0.2, 0) is 19.5 Å². The number of thiazole rings is 1. The smallest absolute Gasteiger partial charge is 0.132 e. The number of hydrogen-bond acceptors (Lipinski definition) is 7. The maximum atomic E-state index is 5.63. The summed E-state index contributed by atoms with van der Waals surface area (Å²) in [5.41, 5.74) is 4.87. The average Bonchev–Trinajstić information content (AvgIpc) is 3.49. The Hall–Kier alpha value is -2.61. The molecule has 1 fully saturated rings. The lowest BCUT2D eigenvalue weighted by Crippen LogP contribution is -2.45. The Morgan fingerprint density at radius 2 is 1.78 bits per heavy atom. The highest BCUT2D eigenvalue weighted by atomic mass is 32.1. The van der Waals surface area contributed by atoms with Crippen molar-refractivity contribution in [2.24, 2.45) is 0 Å². The maximum absolute atomic E-state index is 5.63. The van der Waals surface area contributed by atoms with Crippen LogP contribution in [0.5, 0.6) is 17.2 Å². The van der Waals surface area contributed by atoms with Crippen molar-refractivity contribution < 1.29 is 14.2 Å². The minimum absolute atomic E-state index is 0.786. The lowest BCUT2D eigenvalue weighted by atomic mass is 10.1. The van der Waals surface area contributed by atoms with Gasteiger partial charge in [-0.1, -0.05) is 12.1 Å². The zero-order valence-corrected chi connectivity index (χ0v) is 19.5. The van der Waals surface area contributed by atoms with E-state index in [1.165, 1.54) is 11.1 Å². The van der Waals surface area contributed by atoms with E-state index in [4.69, 9.17) is 19.2 Å². The van der Waals surface area contributed by atoms with E-state index in [1.807, 2.05) is 18.2 Å². The van der Waals surface area contributed by atoms with E-state index >= 15 is 0 Å². The molecule has 0 unspecified atom stereocenters. The first-order valence-corrected chi connectivity index (χ1v) is 12.0. The summed E-state index contributed by atoms with van der Waals surface area (Å²) in [6.45, 7) is 7.01. The maximum Gasteiger partial charge on any atom is 0.132 e. The van der Waals surface area contributed by atoms with Crippen LogP contribution in [0, 0.1) is 0 Å². The van der Waals surface area contributed by atoms with Crippen molar-refractivity contribution in [1.29, 1.82) is 0 Å². The summed E-state index contributed by atoms with van der Waals surface area (Å²) in [6.07, 6.45) is 1.04. The van der Waals surface area contributed by atoms with E-state index in [1.54, 1.807) is 25.6 Å². The number of benzene rings is 2. The van der Waals surface area contributed by atoms with Gasteiger partial charge in [0.05, 0.1) is 32.1 Å². The summed E-state index contributed by atoms with van der Waals surface area (Å²) in [5.74, 6) is 2.64. The third kappa shape index (κ3) is 4.60. The normalized spacial score (nSPS) is 16.6. The third-order valence-electron chi connectivity index (χ3n) is 6.20. The fourth-order valence-corrected chi connectivity index (χ4v) is 5.25. The fraction of sp³-hybridized carbons (Fsp3) is 0.400. The fourth-order valence-electron chi connectivity index (χ4n) is 4.41. The molecule has 0 radical (unpaired) electrons. The highest BCUT2D eigenvalue weighted by molar-refractivity contribution is 7.13. The van der Waals surface area contributed by atoms with Gasteiger partial charge in [-0.2, -0.15) is 0 Å². The standard InChI is InChI=1S/C25H29N3O3S/c1-29-21-4-5-22(24(14-21)30-2)25-26-20(17-32-25)16-28-10-8-27(9-11-28)15-18-3-6-23-19(13-18)7-12-31-23/h3-6,13-14,17H,7-12,15-16H2,1-2H3. The molecule has 1 aromatic heterocycles. The van der Waals surface area contributed by atoms with Gasteiger partial charge in [-0.3, -0.25) is 9.80 Å². The van der Waals surface area contributed by atoms with Gasteiger partial charge >= 0.3 is 0 Å². The molecule has 0 atom stereocenters. The molecule has 5 rings (SSSR count). The molecule has 0 saturated carbocycles. The molecule has 168 valence electrons. The minimum atomic E-state index is 0.786. The van der Waals surface area contributed by atoms with E-state index in [0.717, 1.165) is 85.8 Å². The van der Waals surface area contributed by atoms with Crippen LogP contribution in [0.1, 0.15) is 16.8 Å². The first kappa shape index (κ1) is 21.2. The van der Waals surface area contributed by atoms with Crippen LogP contribution < -0.4 is 14.2 Å². The first-order chi connectivity index (χ1) is 15.7. The average molecular weight is 452 g/mol. The van der Waals surface area contributed by atoms with Crippen molar-refractivity contribution in [3.63, 3.8) is 0 Å². The van der Waals surface area contributed by atoms with Gasteiger partial charge in [0.25, 0.3) is 0 Å². The van der Waals surface area contributed by atoms with Crippen LogP contribution in [-0.4, -0.2) is 61.8 Å². The van der Waals surface area contributed by atoms with Crippen LogP contribution >= 0.6 is 11.3 Å². The van der Waals surface area contributed by atoms with Gasteiger partial charge in [-0.05, 0) is 29.3 Å². The van der Waals surface area contributed by atoms with Crippen molar-refractivity contribution in [3.05, 3.63) is 58.6 Å². The van der Waals surface area contributed by atoms with E-state index in [2.05, 4.69) is 33.4 Å². The summed E-state index contributed by atoms with van der Waals surface area (Å²) < 4.78 is 16.5. The number of fused-ring (bicyclic) bond motifs is 1. The van der Waals surface area contributed by atoms with Gasteiger partial charge in [0.1, 0.15) is 22.3 Å². The summed E-state index contributed by atoms with van der Waals surface area (Å²) in [7, 11) is 3.35. The number of hydrogen-bond donors (Lipinski definition) is 0. The Morgan fingerprint density at radius 3 is 2.56 bits per heavy atom. The molecular weight excluding hydrogens is 422 g/mol. The molecule has 0 aliphatic carbocycles. The molecule has 2 aromatic carbocycles. The van der Waals surface area contributed by atoms with Gasteiger partial charge in [0.2, 0.25) is 0 Å². The van der Waals surface area contributed by atoms with Crippen LogP contribution in [0.3, 0.4) is 0 Å². The van der Waals surface area contributed by atoms with Crippen LogP contribution in [0.4, 0.5) is 0 Å². The second-order valence-corrected chi connectivity index (χ2v) is 9.16. The molecule has 3 heterocycles. The molecule has 32 heavy (non-hydrogen) atoms. The van der Waals surface area contributed by atoms with Crippen molar-refractivity contribution in [1.82, 2.24) is 14.8 Å². The van der Waals surface area contributed by atoms with Crippen LogP contribution in [0.25, 0.3) is 10.6 Å². The monoisotopic (exact) mass is 451 g/mol. The lowest BCUT2D eigenvalue weighted by molar-refractivity contribution is 0.121. The SMILES string of the molecule is COc1ccc(-c2nc(CN3CCN(Cc4ccc5c(c4)CCO5)CC3)cs2)c(OC)c1. The van der Waals surface area contributed by atoms with Gasteiger partial charge in [-0.25, -0.2) is 4.98 Å². The van der Waals surface area contributed by atoms with E-state index in [9.17, 15) is 0 Å². The summed E-state index contributed by atoms with van der Waals surface area (Å²) in [6, 6.07) is 12.5. The van der Waals surface area contributed by atoms with Crippen LogP contribution in [0.2, 0.25) is 0 Å². The van der Waals surface area contributed by atoms with Gasteiger partial charge < -0.3 is 14.2 Å². The number of rotatable bonds is 7. The molecule has 1 saturated heterocycles. The van der Waals surface area contributed by atoms with Crippen molar-refractivity contribution in [2.45, 2.75) is 19.5 Å². The summed E-state index contributed by atoms with van der Waals surface area (Å²) in [4.78, 5) is 9.93. The van der Waals surface area contributed by atoms with E-state index < -0.39 is 0 Å². The zero-order chi connectivity index (χ0) is 21.9. The second-order valence-electron chi connectivity index (χ2n) is 8.30. The zero-order valence-electron chi connectivity index (χ0n) is 18.7. The van der Waals surface area contributed by atoms with Crippen LogP contribution in [0.15, 0.2) is 41.8 Å². The van der Waals surface area contributed by atoms with Gasteiger partial charge in [0, 0.05) is 57.1 Å². The summed E-state index contributed by atoms with van der Waals surface area (Å²) >= 11 is 1.67. The molecule has 3 aromatic rings. The van der Waals surface area contributed by atoms with Crippen molar-refractivity contribution >= 4 is 11.3 Å². The minimum Gasteiger partial charge on any atom is -0.497 e. The van der Waals surface area contributed by atoms with Crippen molar-refractivity contribution in [2.75, 3.05) is 47.0 Å². The molecule has 0 spiro atoms. The molecule has 2 aliphatic rings. The first-order valence-electron chi connectivity index (χ1n) is 11.1. The molecule has 7 heteroatoms. The summed E-state index contributed by atoms with van der Waals surface area (Å²) in [5, 5.41) is 3.15. The second kappa shape index (κ2) is 9.48. The Morgan fingerprint density at radius 1 is 0.969 bits per heavy atom. The Bertz CT molecular complexity index is 1080. The number of nitrogens with zero attached hydrogens (tertiary/aromatic N) is 3. The topological polar surface area (TPSA) is 47.1 Å². The number of methoxy groups -OCH3 is 2. The Balaban J connectivity index is 1.16. The molecule has 0 amide bonds. The van der Waals surface area contributed by atoms with Gasteiger partial charge in [0.15, 0.2) is 0 Å². The molecule has 2 aliphatic heterocycles. The van der Waals surface area contributed by atoms with Gasteiger partial charge in [-0.15, -0.1) is 11.3 Å². The highest BCUT2D eigenvalue weighted by Gasteiger charge is 2.20. The highest BCUT2D eigenvalue weighted by Crippen LogP contribution is 2.35. The quantitative estimate of drug-likeness (QED) is 0.540. The van der Waals surface area contributed by atoms with Crippen molar-refractivity contribution in [3.8, 4) is 27.8 Å². The predicted molar refractivity (Wildman–Crippen MR) is 127 cm³/mol. The predicted octanol–water partition coefficient (Wildman–Crippen LogP) is 4.08. The third-order valence-corrected chi connectivity index (χ3v) is 7.13. The molecular formula is C25H29N3O3S. The van der Waals surface area contributed by atoms with E-state index in [0.29, 0.717) is 0 Å². The molecule has 0 bridgehead atoms. The number of piperazine rings is 1. The molecule has 6 nitrogen and oxygen atoms in total. The number of ether oxygens (including phenoxy) is 3. The Labute approximate surface area is 193 Å². The largest absolute Gasteiger partial charge is 0.497 e. The van der Waals surface area contributed by atoms with E-state index in [-0.39, 0.29) is 0 Å². The number of aromatic nitrogens is 1. The Kier molecular flexibility index (Phi) is 6.30. The molecule has 0 N–H and O–H groups in total. The lowest BCUT2D eigenvalue weighted by Gasteiger charge is -2.34.